The van der Waals surface area contributed by atoms with Crippen LogP contribution in [0.2, 0.25) is 5.02 Å². The van der Waals surface area contributed by atoms with Gasteiger partial charge >= 0.3 is 6.03 Å². The molecular weight excluding hydrogens is 442 g/mol. The van der Waals surface area contributed by atoms with Crippen LogP contribution in [0, 0.1) is 0 Å². The summed E-state index contributed by atoms with van der Waals surface area (Å²) in [6, 6.07) is 16.5. The summed E-state index contributed by atoms with van der Waals surface area (Å²) < 4.78 is 7.90. The number of rotatable bonds is 8. The van der Waals surface area contributed by atoms with Crippen LogP contribution in [0.1, 0.15) is 30.5 Å². The average Bonchev–Trinajstić information content (AvgIpc) is 3.26. The van der Waals surface area contributed by atoms with Gasteiger partial charge in [-0.1, -0.05) is 53.2 Å². The number of halogens is 1. The van der Waals surface area contributed by atoms with Crippen LogP contribution in [0.3, 0.4) is 0 Å². The Bertz CT molecular complexity index is 1050. The van der Waals surface area contributed by atoms with E-state index in [4.69, 9.17) is 16.3 Å². The van der Waals surface area contributed by atoms with Gasteiger partial charge in [0.05, 0.1) is 24.4 Å². The Morgan fingerprint density at radius 2 is 2.03 bits per heavy atom. The number of amides is 2. The molecule has 0 aliphatic carbocycles. The zero-order valence-corrected chi connectivity index (χ0v) is 19.0. The molecule has 0 spiro atoms. The van der Waals surface area contributed by atoms with E-state index in [0.29, 0.717) is 17.3 Å². The summed E-state index contributed by atoms with van der Waals surface area (Å²) in [6.07, 6.45) is 4.49. The molecule has 1 aliphatic heterocycles. The normalized spacial score (nSPS) is 20.4. The number of hydrogen-bond acceptors (Lipinski definition) is 5. The first-order valence-corrected chi connectivity index (χ1v) is 11.5. The third-order valence-electron chi connectivity index (χ3n) is 5.69. The van der Waals surface area contributed by atoms with Crippen LogP contribution in [0.4, 0.5) is 10.5 Å². The highest BCUT2D eigenvalue weighted by atomic mass is 35.5. The molecule has 33 heavy (non-hydrogen) atoms. The predicted molar refractivity (Wildman–Crippen MR) is 126 cm³/mol. The third kappa shape index (κ3) is 6.77. The summed E-state index contributed by atoms with van der Waals surface area (Å²) in [5, 5.41) is 24.5. The summed E-state index contributed by atoms with van der Waals surface area (Å²) in [5.41, 5.74) is 2.73. The molecule has 0 bridgehead atoms. The van der Waals surface area contributed by atoms with Gasteiger partial charge in [-0.2, -0.15) is 0 Å². The number of ether oxygens (including phenoxy) is 1. The fourth-order valence-corrected chi connectivity index (χ4v) is 4.21. The largest absolute Gasteiger partial charge is 0.394 e. The summed E-state index contributed by atoms with van der Waals surface area (Å²) in [4.78, 5) is 12.4. The lowest BCUT2D eigenvalue weighted by Crippen LogP contribution is -2.52. The van der Waals surface area contributed by atoms with Crippen molar-refractivity contribution >= 4 is 23.3 Å². The number of benzene rings is 2. The first-order chi connectivity index (χ1) is 16.1. The zero-order chi connectivity index (χ0) is 23.0. The Morgan fingerprint density at radius 3 is 2.82 bits per heavy atom. The average molecular weight is 470 g/mol. The minimum Gasteiger partial charge on any atom is -0.394 e. The zero-order valence-electron chi connectivity index (χ0n) is 18.2. The highest BCUT2D eigenvalue weighted by Crippen LogP contribution is 2.23. The first-order valence-electron chi connectivity index (χ1n) is 11.1. The van der Waals surface area contributed by atoms with E-state index < -0.39 is 6.10 Å². The first kappa shape index (κ1) is 23.2. The quantitative estimate of drug-likeness (QED) is 0.467. The lowest BCUT2D eigenvalue weighted by molar-refractivity contribution is -0.0905. The molecule has 1 aromatic heterocycles. The van der Waals surface area contributed by atoms with Crippen molar-refractivity contribution in [2.75, 3.05) is 11.9 Å². The van der Waals surface area contributed by atoms with Gasteiger partial charge in [0.15, 0.2) is 0 Å². The van der Waals surface area contributed by atoms with E-state index in [1.807, 2.05) is 29.1 Å². The molecule has 0 saturated carbocycles. The number of urea groups is 1. The van der Waals surface area contributed by atoms with E-state index in [0.717, 1.165) is 31.4 Å². The van der Waals surface area contributed by atoms with Crippen molar-refractivity contribution < 1.29 is 14.6 Å². The summed E-state index contributed by atoms with van der Waals surface area (Å²) in [7, 11) is 0. The monoisotopic (exact) mass is 469 g/mol. The molecule has 0 radical (unpaired) electrons. The Labute approximate surface area is 197 Å². The number of carbonyl (C=O) groups excluding carboxylic acids is 1. The standard InChI is InChI=1S/C24H28ClN5O3/c25-18-7-4-8-19(14-18)26-24(32)27-22-10-9-21(33-23(22)16-31)11-12-30-15-20(28-29-30)13-17-5-2-1-3-6-17/h1-8,14-15,21-23,31H,9-13,16H2,(H2,26,27,32)/t21-,22+,23-/m1/s1. The van der Waals surface area contributed by atoms with Crippen molar-refractivity contribution in [1.82, 2.24) is 20.3 Å². The molecule has 1 fully saturated rings. The van der Waals surface area contributed by atoms with Gasteiger partial charge in [0, 0.05) is 29.9 Å². The number of aromatic nitrogens is 3. The fraction of sp³-hybridized carbons (Fsp3) is 0.375. The van der Waals surface area contributed by atoms with E-state index >= 15 is 0 Å². The number of aliphatic hydroxyl groups excluding tert-OH is 1. The molecule has 3 atom stereocenters. The maximum absolute atomic E-state index is 12.4. The predicted octanol–water partition coefficient (Wildman–Crippen LogP) is 3.64. The van der Waals surface area contributed by atoms with Crippen LogP contribution in [-0.2, 0) is 17.7 Å². The van der Waals surface area contributed by atoms with E-state index in [-0.39, 0.29) is 24.8 Å². The van der Waals surface area contributed by atoms with Crippen molar-refractivity contribution in [1.29, 1.82) is 0 Å². The van der Waals surface area contributed by atoms with Gasteiger partial charge in [0.25, 0.3) is 0 Å². The Kier molecular flexibility index (Phi) is 7.93. The smallest absolute Gasteiger partial charge is 0.319 e. The number of hydrogen-bond donors (Lipinski definition) is 3. The Balaban J connectivity index is 1.23. The van der Waals surface area contributed by atoms with Gasteiger partial charge < -0.3 is 20.5 Å². The van der Waals surface area contributed by atoms with E-state index in [1.165, 1.54) is 5.56 Å². The highest BCUT2D eigenvalue weighted by molar-refractivity contribution is 6.30. The minimum atomic E-state index is -0.460. The van der Waals surface area contributed by atoms with Crippen LogP contribution < -0.4 is 10.6 Å². The number of nitrogens with one attached hydrogen (secondary N) is 2. The van der Waals surface area contributed by atoms with Crippen molar-refractivity contribution in [3.63, 3.8) is 0 Å². The molecule has 1 saturated heterocycles. The summed E-state index contributed by atoms with van der Waals surface area (Å²) >= 11 is 5.96. The van der Waals surface area contributed by atoms with E-state index in [9.17, 15) is 9.90 Å². The molecule has 3 N–H and O–H groups in total. The second-order valence-electron chi connectivity index (χ2n) is 8.20. The molecule has 3 aromatic rings. The van der Waals surface area contributed by atoms with Crippen LogP contribution in [-0.4, -0.2) is 51.0 Å². The molecule has 4 rings (SSSR count). The number of carbonyl (C=O) groups is 1. The molecular formula is C24H28ClN5O3. The second kappa shape index (κ2) is 11.3. The number of nitrogens with zero attached hydrogens (tertiary/aromatic N) is 3. The van der Waals surface area contributed by atoms with Gasteiger partial charge in [0.1, 0.15) is 6.10 Å². The van der Waals surface area contributed by atoms with Crippen LogP contribution >= 0.6 is 11.6 Å². The van der Waals surface area contributed by atoms with Gasteiger partial charge in [-0.15, -0.1) is 5.10 Å². The van der Waals surface area contributed by atoms with Crippen molar-refractivity contribution in [3.05, 3.63) is 77.1 Å². The number of aliphatic hydroxyl groups is 1. The van der Waals surface area contributed by atoms with E-state index in [2.05, 4.69) is 33.1 Å². The molecule has 2 aromatic carbocycles. The van der Waals surface area contributed by atoms with Crippen molar-refractivity contribution in [2.45, 2.75) is 50.5 Å². The SMILES string of the molecule is O=C(Nc1cccc(Cl)c1)N[C@H]1CC[C@H](CCn2cc(Cc3ccccc3)nn2)O[C@@H]1CO. The second-order valence-corrected chi connectivity index (χ2v) is 8.63. The number of anilines is 1. The lowest BCUT2D eigenvalue weighted by atomic mass is 9.97. The highest BCUT2D eigenvalue weighted by Gasteiger charge is 2.31. The molecule has 9 heteroatoms. The minimum absolute atomic E-state index is 0.0158. The fourth-order valence-electron chi connectivity index (χ4n) is 4.02. The molecule has 174 valence electrons. The molecule has 2 amide bonds. The lowest BCUT2D eigenvalue weighted by Gasteiger charge is -2.36. The summed E-state index contributed by atoms with van der Waals surface area (Å²) in [5.74, 6) is 0. The van der Waals surface area contributed by atoms with Crippen LogP contribution in [0.15, 0.2) is 60.8 Å². The summed E-state index contributed by atoms with van der Waals surface area (Å²) in [6.45, 7) is 0.515. The topological polar surface area (TPSA) is 101 Å². The van der Waals surface area contributed by atoms with Crippen LogP contribution in [0.25, 0.3) is 0 Å². The van der Waals surface area contributed by atoms with Crippen LogP contribution in [0.5, 0.6) is 0 Å². The Morgan fingerprint density at radius 1 is 1.18 bits per heavy atom. The molecule has 8 nitrogen and oxygen atoms in total. The van der Waals surface area contributed by atoms with Crippen molar-refractivity contribution in [2.24, 2.45) is 0 Å². The van der Waals surface area contributed by atoms with Crippen molar-refractivity contribution in [3.8, 4) is 0 Å². The molecule has 0 unspecified atom stereocenters. The molecule has 1 aliphatic rings. The van der Waals surface area contributed by atoms with Gasteiger partial charge in [-0.25, -0.2) is 4.79 Å². The van der Waals surface area contributed by atoms with Gasteiger partial charge in [0.2, 0.25) is 0 Å². The Hall–Kier alpha value is -2.94. The maximum atomic E-state index is 12.4. The maximum Gasteiger partial charge on any atom is 0.319 e. The van der Waals surface area contributed by atoms with Gasteiger partial charge in [-0.05, 0) is 43.0 Å². The van der Waals surface area contributed by atoms with E-state index in [1.54, 1.807) is 24.3 Å². The van der Waals surface area contributed by atoms with Gasteiger partial charge in [-0.3, -0.25) is 4.68 Å². The number of aryl methyl sites for hydroxylation is 1. The third-order valence-corrected chi connectivity index (χ3v) is 5.92. The molecule has 2 heterocycles.